The van der Waals surface area contributed by atoms with Gasteiger partial charge in [-0.1, -0.05) is 6.92 Å². The van der Waals surface area contributed by atoms with Crippen LogP contribution in [0.3, 0.4) is 0 Å². The van der Waals surface area contributed by atoms with Crippen LogP contribution in [0.4, 0.5) is 14.5 Å². The largest absolute Gasteiger partial charge is 0.394 e. The second-order valence-corrected chi connectivity index (χ2v) is 5.51. The molecular formula is C14H14F2N2OS. The minimum atomic E-state index is -0.931. The number of aryl methyl sites for hydroxylation is 1. The van der Waals surface area contributed by atoms with E-state index in [-0.39, 0.29) is 5.56 Å². The molecule has 0 aliphatic rings. The van der Waals surface area contributed by atoms with Gasteiger partial charge < -0.3 is 11.1 Å². The molecular weight excluding hydrogens is 282 g/mol. The zero-order chi connectivity index (χ0) is 14.7. The predicted molar refractivity (Wildman–Crippen MR) is 75.6 cm³/mol. The molecule has 1 amide bonds. The van der Waals surface area contributed by atoms with Crippen molar-refractivity contribution in [3.8, 4) is 0 Å². The summed E-state index contributed by atoms with van der Waals surface area (Å²) in [7, 11) is 0. The molecule has 0 saturated carbocycles. The maximum atomic E-state index is 13.3. The number of hydrogen-bond donors (Lipinski definition) is 2. The fraction of sp³-hybridized carbons (Fsp3) is 0.214. The molecule has 0 aliphatic carbocycles. The first kappa shape index (κ1) is 14.5. The van der Waals surface area contributed by atoms with Gasteiger partial charge in [-0.2, -0.15) is 0 Å². The van der Waals surface area contributed by atoms with Crippen molar-refractivity contribution in [3.63, 3.8) is 0 Å². The fourth-order valence-electron chi connectivity index (χ4n) is 1.69. The molecule has 2 aromatic rings. The first-order valence-electron chi connectivity index (χ1n) is 6.11. The molecule has 6 heteroatoms. The third-order valence-corrected chi connectivity index (χ3v) is 4.06. The van der Waals surface area contributed by atoms with Crippen molar-refractivity contribution in [2.75, 3.05) is 5.73 Å². The lowest BCUT2D eigenvalue weighted by Crippen LogP contribution is -2.22. The van der Waals surface area contributed by atoms with E-state index in [4.69, 9.17) is 5.73 Å². The number of nitrogens with one attached hydrogen (secondary N) is 1. The standard InChI is InChI=1S/C14H14F2N2OS/c1-2-9-3-4-10(20-9)7-18-14(19)8-5-11(15)13(17)12(16)6-8/h3-6H,2,7,17H2,1H3,(H,18,19). The molecule has 0 bridgehead atoms. The summed E-state index contributed by atoms with van der Waals surface area (Å²) >= 11 is 1.60. The SMILES string of the molecule is CCc1ccc(CNC(=O)c2cc(F)c(N)c(F)c2)s1. The molecule has 1 aromatic carbocycles. The summed E-state index contributed by atoms with van der Waals surface area (Å²) in [6.07, 6.45) is 0.937. The molecule has 0 unspecified atom stereocenters. The zero-order valence-corrected chi connectivity index (χ0v) is 11.7. The monoisotopic (exact) mass is 296 g/mol. The van der Waals surface area contributed by atoms with E-state index in [2.05, 4.69) is 5.32 Å². The quantitative estimate of drug-likeness (QED) is 0.852. The van der Waals surface area contributed by atoms with Crippen molar-refractivity contribution in [1.29, 1.82) is 0 Å². The van der Waals surface area contributed by atoms with Crippen LogP contribution in [0.25, 0.3) is 0 Å². The van der Waals surface area contributed by atoms with Crippen LogP contribution < -0.4 is 11.1 Å². The van der Waals surface area contributed by atoms with Crippen molar-refractivity contribution < 1.29 is 13.6 Å². The molecule has 20 heavy (non-hydrogen) atoms. The number of nitrogen functional groups attached to an aromatic ring is 1. The number of nitrogens with two attached hydrogens (primary N) is 1. The second kappa shape index (κ2) is 6.00. The first-order chi connectivity index (χ1) is 9.51. The maximum Gasteiger partial charge on any atom is 0.251 e. The molecule has 106 valence electrons. The normalized spacial score (nSPS) is 10.6. The number of carbonyl (C=O) groups is 1. The summed E-state index contributed by atoms with van der Waals surface area (Å²) in [4.78, 5) is 14.0. The van der Waals surface area contributed by atoms with Crippen LogP contribution in [0.2, 0.25) is 0 Å². The molecule has 1 heterocycles. The molecule has 3 nitrogen and oxygen atoms in total. The van der Waals surface area contributed by atoms with Crippen LogP contribution in [-0.2, 0) is 13.0 Å². The fourth-order valence-corrected chi connectivity index (χ4v) is 2.59. The second-order valence-electron chi connectivity index (χ2n) is 4.26. The van der Waals surface area contributed by atoms with E-state index in [1.54, 1.807) is 11.3 Å². The highest BCUT2D eigenvalue weighted by Crippen LogP contribution is 2.18. The molecule has 0 radical (unpaired) electrons. The summed E-state index contributed by atoms with van der Waals surface area (Å²) in [5, 5.41) is 2.62. The molecule has 0 fully saturated rings. The number of rotatable bonds is 4. The van der Waals surface area contributed by atoms with Gasteiger partial charge in [0.15, 0.2) is 0 Å². The van der Waals surface area contributed by atoms with E-state index in [1.165, 1.54) is 4.88 Å². The Balaban J connectivity index is 2.05. The summed E-state index contributed by atoms with van der Waals surface area (Å²) in [5.41, 5.74) is 4.50. The lowest BCUT2D eigenvalue weighted by Gasteiger charge is -2.06. The average molecular weight is 296 g/mol. The lowest BCUT2D eigenvalue weighted by atomic mass is 10.1. The zero-order valence-electron chi connectivity index (χ0n) is 10.9. The van der Waals surface area contributed by atoms with Crippen LogP contribution in [0, 0.1) is 11.6 Å². The third kappa shape index (κ3) is 3.14. The molecule has 1 aromatic heterocycles. The molecule has 0 spiro atoms. The van der Waals surface area contributed by atoms with Crippen LogP contribution in [0.5, 0.6) is 0 Å². The maximum absolute atomic E-state index is 13.3. The Morgan fingerprint density at radius 1 is 1.25 bits per heavy atom. The van der Waals surface area contributed by atoms with Gasteiger partial charge in [-0.15, -0.1) is 11.3 Å². The van der Waals surface area contributed by atoms with Crippen molar-refractivity contribution in [2.45, 2.75) is 19.9 Å². The van der Waals surface area contributed by atoms with E-state index in [1.807, 2.05) is 19.1 Å². The Kier molecular flexibility index (Phi) is 4.34. The average Bonchev–Trinajstić information content (AvgIpc) is 2.89. The topological polar surface area (TPSA) is 55.1 Å². The third-order valence-electron chi connectivity index (χ3n) is 2.83. The van der Waals surface area contributed by atoms with E-state index < -0.39 is 23.2 Å². The van der Waals surface area contributed by atoms with E-state index in [0.717, 1.165) is 23.4 Å². The van der Waals surface area contributed by atoms with Crippen LogP contribution in [0.15, 0.2) is 24.3 Å². The van der Waals surface area contributed by atoms with Gasteiger partial charge in [0, 0.05) is 15.3 Å². The van der Waals surface area contributed by atoms with Crippen LogP contribution in [0.1, 0.15) is 27.0 Å². The van der Waals surface area contributed by atoms with Gasteiger partial charge in [0.1, 0.15) is 17.3 Å². The molecule has 3 N–H and O–H groups in total. The molecule has 2 rings (SSSR count). The summed E-state index contributed by atoms with van der Waals surface area (Å²) in [6, 6.07) is 5.78. The highest BCUT2D eigenvalue weighted by molar-refractivity contribution is 7.11. The minimum absolute atomic E-state index is 0.0820. The Morgan fingerprint density at radius 3 is 2.40 bits per heavy atom. The highest BCUT2D eigenvalue weighted by atomic mass is 32.1. The van der Waals surface area contributed by atoms with Gasteiger partial charge in [0.25, 0.3) is 5.91 Å². The Bertz CT molecular complexity index is 617. The Morgan fingerprint density at radius 2 is 1.85 bits per heavy atom. The van der Waals surface area contributed by atoms with Crippen LogP contribution in [-0.4, -0.2) is 5.91 Å². The smallest absolute Gasteiger partial charge is 0.251 e. The Labute approximate surface area is 119 Å². The van der Waals surface area contributed by atoms with Gasteiger partial charge in [-0.05, 0) is 30.7 Å². The van der Waals surface area contributed by atoms with Crippen molar-refractivity contribution >= 4 is 22.9 Å². The van der Waals surface area contributed by atoms with E-state index >= 15 is 0 Å². The van der Waals surface area contributed by atoms with Crippen LogP contribution >= 0.6 is 11.3 Å². The molecule has 0 saturated heterocycles. The van der Waals surface area contributed by atoms with Gasteiger partial charge in [0.2, 0.25) is 0 Å². The van der Waals surface area contributed by atoms with Crippen molar-refractivity contribution in [1.82, 2.24) is 5.32 Å². The van der Waals surface area contributed by atoms with Gasteiger partial charge in [-0.25, -0.2) is 8.78 Å². The highest BCUT2D eigenvalue weighted by Gasteiger charge is 2.13. The molecule has 0 atom stereocenters. The summed E-state index contributed by atoms with van der Waals surface area (Å²) in [5.74, 6) is -2.40. The van der Waals surface area contributed by atoms with E-state index in [0.29, 0.717) is 6.54 Å². The van der Waals surface area contributed by atoms with E-state index in [9.17, 15) is 13.6 Å². The number of carbonyl (C=O) groups excluding carboxylic acids is 1. The number of benzene rings is 1. The van der Waals surface area contributed by atoms with Crippen molar-refractivity contribution in [3.05, 3.63) is 51.2 Å². The molecule has 0 aliphatic heterocycles. The summed E-state index contributed by atoms with van der Waals surface area (Å²) < 4.78 is 26.5. The van der Waals surface area contributed by atoms with Crippen molar-refractivity contribution in [2.24, 2.45) is 0 Å². The number of thiophene rings is 1. The van der Waals surface area contributed by atoms with Gasteiger partial charge in [0.05, 0.1) is 6.54 Å². The predicted octanol–water partition coefficient (Wildman–Crippen LogP) is 3.10. The number of amides is 1. The summed E-state index contributed by atoms with van der Waals surface area (Å²) in [6.45, 7) is 2.38. The lowest BCUT2D eigenvalue weighted by molar-refractivity contribution is 0.0950. The number of halogens is 2. The number of hydrogen-bond acceptors (Lipinski definition) is 3. The van der Waals surface area contributed by atoms with Gasteiger partial charge in [-0.3, -0.25) is 4.79 Å². The Hall–Kier alpha value is -1.95. The number of anilines is 1. The minimum Gasteiger partial charge on any atom is -0.394 e. The van der Waals surface area contributed by atoms with Gasteiger partial charge >= 0.3 is 0 Å². The first-order valence-corrected chi connectivity index (χ1v) is 6.93.